The maximum absolute atomic E-state index is 6.24. The SMILES string of the molecule is CCC(CC)CN(CC)C1(CN)Cc2ccccc2C1. The largest absolute Gasteiger partial charge is 0.329 e. The van der Waals surface area contributed by atoms with E-state index in [1.54, 1.807) is 0 Å². The molecule has 2 nitrogen and oxygen atoms in total. The number of fused-ring (bicyclic) bond motifs is 1. The fraction of sp³-hybridized carbons (Fsp3) is 0.667. The molecule has 0 spiro atoms. The molecule has 1 aliphatic carbocycles. The number of nitrogens with two attached hydrogens (primary N) is 1. The van der Waals surface area contributed by atoms with Crippen LogP contribution in [0, 0.1) is 5.92 Å². The molecule has 0 radical (unpaired) electrons. The summed E-state index contributed by atoms with van der Waals surface area (Å²) >= 11 is 0. The molecule has 0 atom stereocenters. The van der Waals surface area contributed by atoms with Crippen LogP contribution in [-0.4, -0.2) is 30.1 Å². The van der Waals surface area contributed by atoms with Crippen LogP contribution in [0.3, 0.4) is 0 Å². The molecule has 0 heterocycles. The average molecular weight is 274 g/mol. The van der Waals surface area contributed by atoms with Crippen molar-refractivity contribution < 1.29 is 0 Å². The van der Waals surface area contributed by atoms with Gasteiger partial charge in [0.15, 0.2) is 0 Å². The molecule has 0 amide bonds. The Hall–Kier alpha value is -0.860. The normalized spacial score (nSPS) is 16.9. The molecule has 2 heteroatoms. The quantitative estimate of drug-likeness (QED) is 0.827. The van der Waals surface area contributed by atoms with E-state index in [0.29, 0.717) is 0 Å². The summed E-state index contributed by atoms with van der Waals surface area (Å²) in [5.41, 5.74) is 9.40. The maximum Gasteiger partial charge on any atom is 0.0412 e. The van der Waals surface area contributed by atoms with Crippen molar-refractivity contribution in [3.8, 4) is 0 Å². The van der Waals surface area contributed by atoms with Gasteiger partial charge >= 0.3 is 0 Å². The van der Waals surface area contributed by atoms with Gasteiger partial charge in [0.05, 0.1) is 0 Å². The molecule has 1 aromatic rings. The van der Waals surface area contributed by atoms with E-state index in [1.165, 1.54) is 30.5 Å². The molecule has 1 aromatic carbocycles. The number of nitrogens with zero attached hydrogens (tertiary/aromatic N) is 1. The van der Waals surface area contributed by atoms with Gasteiger partial charge in [0.25, 0.3) is 0 Å². The molecule has 20 heavy (non-hydrogen) atoms. The first kappa shape index (κ1) is 15.5. The lowest BCUT2D eigenvalue weighted by molar-refractivity contribution is 0.0867. The van der Waals surface area contributed by atoms with Gasteiger partial charge in [-0.15, -0.1) is 0 Å². The van der Waals surface area contributed by atoms with Crippen LogP contribution in [0.4, 0.5) is 0 Å². The van der Waals surface area contributed by atoms with Crippen LogP contribution in [0.2, 0.25) is 0 Å². The first-order valence-corrected chi connectivity index (χ1v) is 8.21. The molecular formula is C18H30N2. The molecule has 0 bridgehead atoms. The van der Waals surface area contributed by atoms with Crippen LogP contribution in [0.1, 0.15) is 44.7 Å². The molecule has 0 fully saturated rings. The monoisotopic (exact) mass is 274 g/mol. The Morgan fingerprint density at radius 2 is 1.65 bits per heavy atom. The Morgan fingerprint density at radius 1 is 1.10 bits per heavy atom. The average Bonchev–Trinajstić information content (AvgIpc) is 2.88. The Kier molecular flexibility index (Phi) is 5.22. The fourth-order valence-electron chi connectivity index (χ4n) is 3.69. The topological polar surface area (TPSA) is 29.3 Å². The van der Waals surface area contributed by atoms with Crippen LogP contribution >= 0.6 is 0 Å². The first-order chi connectivity index (χ1) is 9.69. The van der Waals surface area contributed by atoms with Crippen molar-refractivity contribution in [3.05, 3.63) is 35.4 Å². The minimum absolute atomic E-state index is 0.154. The second kappa shape index (κ2) is 6.73. The van der Waals surface area contributed by atoms with Crippen molar-refractivity contribution in [1.29, 1.82) is 0 Å². The zero-order valence-electron chi connectivity index (χ0n) is 13.4. The summed E-state index contributed by atoms with van der Waals surface area (Å²) in [6.07, 6.45) is 4.77. The summed E-state index contributed by atoms with van der Waals surface area (Å²) in [4.78, 5) is 2.66. The van der Waals surface area contributed by atoms with E-state index in [2.05, 4.69) is 49.9 Å². The molecular weight excluding hydrogens is 244 g/mol. The third-order valence-electron chi connectivity index (χ3n) is 5.22. The van der Waals surface area contributed by atoms with E-state index >= 15 is 0 Å². The second-order valence-electron chi connectivity index (χ2n) is 6.27. The number of benzene rings is 1. The molecule has 1 aliphatic rings. The van der Waals surface area contributed by atoms with Crippen LogP contribution in [0.25, 0.3) is 0 Å². The number of likely N-dealkylation sites (N-methyl/N-ethyl adjacent to an activating group) is 1. The second-order valence-corrected chi connectivity index (χ2v) is 6.27. The maximum atomic E-state index is 6.24. The van der Waals surface area contributed by atoms with E-state index in [1.807, 2.05) is 0 Å². The molecule has 2 N–H and O–H groups in total. The van der Waals surface area contributed by atoms with Gasteiger partial charge in [-0.05, 0) is 36.4 Å². The summed E-state index contributed by atoms with van der Waals surface area (Å²) in [5.74, 6) is 0.794. The molecule has 0 aliphatic heterocycles. The Bertz CT molecular complexity index is 398. The van der Waals surface area contributed by atoms with E-state index in [-0.39, 0.29) is 5.54 Å². The van der Waals surface area contributed by atoms with Crippen molar-refractivity contribution in [3.63, 3.8) is 0 Å². The standard InChI is InChI=1S/C18H30N2/c1-4-15(5-2)13-20(6-3)18(14-19)11-16-9-7-8-10-17(16)12-18/h7-10,15H,4-6,11-14,19H2,1-3H3. The fourth-order valence-corrected chi connectivity index (χ4v) is 3.69. The van der Waals surface area contributed by atoms with Gasteiger partial charge < -0.3 is 5.73 Å². The third-order valence-corrected chi connectivity index (χ3v) is 5.22. The number of hydrogen-bond acceptors (Lipinski definition) is 2. The molecule has 0 saturated carbocycles. The van der Waals surface area contributed by atoms with Crippen molar-refractivity contribution in [2.45, 2.75) is 52.0 Å². The Morgan fingerprint density at radius 3 is 2.05 bits per heavy atom. The van der Waals surface area contributed by atoms with Crippen molar-refractivity contribution in [1.82, 2.24) is 4.90 Å². The van der Waals surface area contributed by atoms with Gasteiger partial charge in [0, 0.05) is 18.6 Å². The predicted molar refractivity (Wildman–Crippen MR) is 87.0 cm³/mol. The van der Waals surface area contributed by atoms with E-state index < -0.39 is 0 Å². The highest BCUT2D eigenvalue weighted by atomic mass is 15.2. The first-order valence-electron chi connectivity index (χ1n) is 8.21. The molecule has 0 aromatic heterocycles. The Balaban J connectivity index is 2.19. The summed E-state index contributed by atoms with van der Waals surface area (Å²) < 4.78 is 0. The minimum Gasteiger partial charge on any atom is -0.329 e. The zero-order valence-corrected chi connectivity index (χ0v) is 13.4. The number of hydrogen-bond donors (Lipinski definition) is 1. The highest BCUT2D eigenvalue weighted by Crippen LogP contribution is 2.34. The van der Waals surface area contributed by atoms with Gasteiger partial charge in [0.1, 0.15) is 0 Å². The van der Waals surface area contributed by atoms with Gasteiger partial charge in [-0.1, -0.05) is 57.9 Å². The summed E-state index contributed by atoms with van der Waals surface area (Å²) in [6.45, 7) is 9.94. The summed E-state index contributed by atoms with van der Waals surface area (Å²) in [7, 11) is 0. The minimum atomic E-state index is 0.154. The lowest BCUT2D eigenvalue weighted by atomic mass is 9.91. The van der Waals surface area contributed by atoms with E-state index in [0.717, 1.165) is 31.8 Å². The lowest BCUT2D eigenvalue weighted by Gasteiger charge is -2.42. The predicted octanol–water partition coefficient (Wildman–Crippen LogP) is 3.24. The summed E-state index contributed by atoms with van der Waals surface area (Å²) in [6, 6.07) is 8.86. The highest BCUT2D eigenvalue weighted by Gasteiger charge is 2.40. The van der Waals surface area contributed by atoms with Gasteiger partial charge in [-0.3, -0.25) is 4.90 Å². The molecule has 112 valence electrons. The third kappa shape index (κ3) is 2.91. The zero-order chi connectivity index (χ0) is 14.6. The molecule has 2 rings (SSSR count). The number of rotatable bonds is 7. The molecule has 0 saturated heterocycles. The molecule has 0 unspecified atom stereocenters. The van der Waals surface area contributed by atoms with Crippen LogP contribution in [-0.2, 0) is 12.8 Å². The van der Waals surface area contributed by atoms with Crippen molar-refractivity contribution in [2.24, 2.45) is 11.7 Å². The van der Waals surface area contributed by atoms with Crippen molar-refractivity contribution >= 4 is 0 Å². The van der Waals surface area contributed by atoms with Crippen LogP contribution < -0.4 is 5.73 Å². The lowest BCUT2D eigenvalue weighted by Crippen LogP contribution is -2.56. The smallest absolute Gasteiger partial charge is 0.0412 e. The van der Waals surface area contributed by atoms with Gasteiger partial charge in [0.2, 0.25) is 0 Å². The van der Waals surface area contributed by atoms with Gasteiger partial charge in [-0.2, -0.15) is 0 Å². The van der Waals surface area contributed by atoms with Crippen LogP contribution in [0.5, 0.6) is 0 Å². The van der Waals surface area contributed by atoms with E-state index in [4.69, 9.17) is 5.73 Å². The summed E-state index contributed by atoms with van der Waals surface area (Å²) in [5, 5.41) is 0. The van der Waals surface area contributed by atoms with Crippen LogP contribution in [0.15, 0.2) is 24.3 Å². The van der Waals surface area contributed by atoms with Gasteiger partial charge in [-0.25, -0.2) is 0 Å². The highest BCUT2D eigenvalue weighted by molar-refractivity contribution is 5.36. The van der Waals surface area contributed by atoms with E-state index in [9.17, 15) is 0 Å². The van der Waals surface area contributed by atoms with Crippen molar-refractivity contribution in [2.75, 3.05) is 19.6 Å². The Labute approximate surface area is 124 Å².